The second-order valence-electron chi connectivity index (χ2n) is 28.5. The van der Waals surface area contributed by atoms with Crippen LogP contribution in [0.5, 0.6) is 0 Å². The Hall–Kier alpha value is -6.56. The van der Waals surface area contributed by atoms with Gasteiger partial charge in [-0.05, 0) is 161 Å². The van der Waals surface area contributed by atoms with Gasteiger partial charge in [0.05, 0.1) is 16.1 Å². The summed E-state index contributed by atoms with van der Waals surface area (Å²) in [4.78, 5) is 7.78. The molecule has 0 aliphatic carbocycles. The van der Waals surface area contributed by atoms with Gasteiger partial charge in [-0.15, -0.1) is 11.3 Å². The fourth-order valence-electron chi connectivity index (χ4n) is 11.8. The number of hydrogen-bond acceptors (Lipinski definition) is 4. The van der Waals surface area contributed by atoms with Gasteiger partial charge in [0, 0.05) is 55.3 Å². The Morgan fingerprint density at radius 3 is 1.23 bits per heavy atom. The molecule has 3 nitrogen and oxygen atoms in total. The maximum Gasteiger partial charge on any atom is 0.252 e. The van der Waals surface area contributed by atoms with Crippen LogP contribution in [0.2, 0.25) is 0 Å². The maximum absolute atomic E-state index is 2.67. The lowest BCUT2D eigenvalue weighted by Crippen LogP contribution is -2.61. The summed E-state index contributed by atoms with van der Waals surface area (Å²) in [5.74, 6) is 0. The molecule has 0 saturated heterocycles. The molecular weight excluding hydrogens is 950 g/mol. The van der Waals surface area contributed by atoms with Crippen molar-refractivity contribution in [1.29, 1.82) is 0 Å². The minimum Gasteiger partial charge on any atom is -0.311 e. The molecule has 8 aromatic carbocycles. The summed E-state index contributed by atoms with van der Waals surface area (Å²) in [6, 6.07) is 61.9. The fraction of sp³-hybridized carbons (Fsp3) is 0.333. The van der Waals surface area contributed by atoms with Crippen LogP contribution in [0.25, 0.3) is 20.2 Å². The highest BCUT2D eigenvalue weighted by molar-refractivity contribution is 7.26. The summed E-state index contributed by atoms with van der Waals surface area (Å²) >= 11 is 1.92. The highest BCUT2D eigenvalue weighted by atomic mass is 32.1. The molecular formula is C72H80BN3S. The van der Waals surface area contributed by atoms with Crippen molar-refractivity contribution in [2.24, 2.45) is 0 Å². The Bertz CT molecular complexity index is 3680. The molecule has 2 aliphatic rings. The first-order valence-electron chi connectivity index (χ1n) is 28.1. The van der Waals surface area contributed by atoms with Crippen molar-refractivity contribution in [1.82, 2.24) is 0 Å². The van der Waals surface area contributed by atoms with Gasteiger partial charge in [0.25, 0.3) is 6.71 Å². The van der Waals surface area contributed by atoms with Crippen molar-refractivity contribution in [3.8, 4) is 0 Å². The van der Waals surface area contributed by atoms with E-state index in [9.17, 15) is 0 Å². The van der Waals surface area contributed by atoms with Crippen molar-refractivity contribution < 1.29 is 0 Å². The molecule has 3 heterocycles. The molecule has 1 aromatic heterocycles. The lowest BCUT2D eigenvalue weighted by atomic mass is 9.33. The van der Waals surface area contributed by atoms with Crippen LogP contribution in [0.4, 0.5) is 51.2 Å². The standard InChI is InChI=1S/C72H80BN3S/c1-67(2,3)45-23-31-51(32-24-45)74(52-33-25-46(26-34-52)68(4,5)6)59-39-40-60(66-64(59)54-21-19-20-22-63(54)77-66)76-58-38-30-49(71(13,14)15)42-56(58)73-55-41-48(70(10,11)12)29-37-57(55)75(53-35-27-47(28-36-53)69(7,8)9)61-43-50(72(16,17)18)44-62(76)65(61)73/h19-44H,1-18H3. The number of benzene rings is 8. The highest BCUT2D eigenvalue weighted by Crippen LogP contribution is 2.53. The molecule has 0 bridgehead atoms. The normalized spacial score (nSPS) is 14.0. The average molecular weight is 1030 g/mol. The molecule has 0 radical (unpaired) electrons. The number of rotatable bonds is 5. The number of thiophene rings is 1. The van der Waals surface area contributed by atoms with Gasteiger partial charge in [-0.3, -0.25) is 0 Å². The molecule has 5 heteroatoms. The van der Waals surface area contributed by atoms with E-state index in [-0.39, 0.29) is 39.2 Å². The van der Waals surface area contributed by atoms with E-state index in [2.05, 4.69) is 297 Å². The monoisotopic (exact) mass is 1030 g/mol. The molecule has 0 unspecified atom stereocenters. The zero-order valence-corrected chi connectivity index (χ0v) is 50.2. The number of anilines is 9. The van der Waals surface area contributed by atoms with Crippen LogP contribution in [0.3, 0.4) is 0 Å². The van der Waals surface area contributed by atoms with E-state index in [0.717, 1.165) is 11.4 Å². The van der Waals surface area contributed by atoms with Crippen molar-refractivity contribution in [2.45, 2.75) is 157 Å². The molecule has 0 amide bonds. The van der Waals surface area contributed by atoms with Crippen LogP contribution >= 0.6 is 11.3 Å². The number of nitrogens with zero attached hydrogens (tertiary/aromatic N) is 3. The smallest absolute Gasteiger partial charge is 0.252 e. The molecule has 0 spiro atoms. The van der Waals surface area contributed by atoms with Gasteiger partial charge in [-0.25, -0.2) is 0 Å². The quantitative estimate of drug-likeness (QED) is 0.159. The Morgan fingerprint density at radius 2 is 0.766 bits per heavy atom. The van der Waals surface area contributed by atoms with Crippen molar-refractivity contribution in [3.05, 3.63) is 191 Å². The van der Waals surface area contributed by atoms with E-state index in [4.69, 9.17) is 0 Å². The van der Waals surface area contributed by atoms with Gasteiger partial charge < -0.3 is 14.7 Å². The van der Waals surface area contributed by atoms with Crippen molar-refractivity contribution >= 4 is 106 Å². The summed E-state index contributed by atoms with van der Waals surface area (Å²) < 4.78 is 2.55. The third-order valence-electron chi connectivity index (χ3n) is 16.6. The first-order valence-corrected chi connectivity index (χ1v) is 28.9. The fourth-order valence-corrected chi connectivity index (χ4v) is 13.1. The van der Waals surface area contributed by atoms with E-state index in [1.165, 1.54) is 110 Å². The Kier molecular flexibility index (Phi) is 12.3. The molecule has 77 heavy (non-hydrogen) atoms. The van der Waals surface area contributed by atoms with Crippen LogP contribution in [0.15, 0.2) is 158 Å². The van der Waals surface area contributed by atoms with E-state index >= 15 is 0 Å². The van der Waals surface area contributed by atoms with E-state index in [0.29, 0.717) is 0 Å². The van der Waals surface area contributed by atoms with Crippen molar-refractivity contribution in [2.75, 3.05) is 14.7 Å². The Balaban J connectivity index is 1.24. The zero-order valence-electron chi connectivity index (χ0n) is 49.3. The molecule has 0 saturated carbocycles. The number of hydrogen-bond donors (Lipinski definition) is 0. The summed E-state index contributed by atoms with van der Waals surface area (Å²) in [6.45, 7) is 42.0. The van der Waals surface area contributed by atoms with Gasteiger partial charge in [-0.1, -0.05) is 203 Å². The molecule has 9 aromatic rings. The first-order chi connectivity index (χ1) is 36.0. The van der Waals surface area contributed by atoms with Crippen molar-refractivity contribution in [3.63, 3.8) is 0 Å². The summed E-state index contributed by atoms with van der Waals surface area (Å²) in [6.07, 6.45) is 0. The lowest BCUT2D eigenvalue weighted by Gasteiger charge is -2.46. The molecule has 2 aliphatic heterocycles. The predicted octanol–water partition coefficient (Wildman–Crippen LogP) is 19.4. The van der Waals surface area contributed by atoms with Gasteiger partial charge >= 0.3 is 0 Å². The topological polar surface area (TPSA) is 9.72 Å². The van der Waals surface area contributed by atoms with Crippen LogP contribution in [-0.2, 0) is 32.5 Å². The second-order valence-corrected chi connectivity index (χ2v) is 29.5. The van der Waals surface area contributed by atoms with Gasteiger partial charge in [-0.2, -0.15) is 0 Å². The van der Waals surface area contributed by atoms with Crippen LogP contribution in [-0.4, -0.2) is 6.71 Å². The van der Waals surface area contributed by atoms with E-state index < -0.39 is 0 Å². The molecule has 0 atom stereocenters. The Morgan fingerprint density at radius 1 is 0.364 bits per heavy atom. The Labute approximate surface area is 466 Å². The minimum atomic E-state index is -0.149. The largest absolute Gasteiger partial charge is 0.311 e. The molecule has 0 fully saturated rings. The zero-order chi connectivity index (χ0) is 55.1. The molecule has 11 rings (SSSR count). The molecule has 0 N–H and O–H groups in total. The minimum absolute atomic E-state index is 0.00947. The van der Waals surface area contributed by atoms with Crippen LogP contribution in [0.1, 0.15) is 158 Å². The van der Waals surface area contributed by atoms with Gasteiger partial charge in [0.1, 0.15) is 0 Å². The summed E-state index contributed by atoms with van der Waals surface area (Å²) in [7, 11) is 0. The van der Waals surface area contributed by atoms with Gasteiger partial charge in [0.15, 0.2) is 0 Å². The second kappa shape index (κ2) is 18.0. The third kappa shape index (κ3) is 9.19. The van der Waals surface area contributed by atoms with Gasteiger partial charge in [0.2, 0.25) is 0 Å². The highest BCUT2D eigenvalue weighted by Gasteiger charge is 2.45. The number of fused-ring (bicyclic) bond motifs is 7. The summed E-state index contributed by atoms with van der Waals surface area (Å²) in [5.41, 5.74) is 22.7. The van der Waals surface area contributed by atoms with E-state index in [1.807, 2.05) is 11.3 Å². The lowest BCUT2D eigenvalue weighted by molar-refractivity contribution is 0.589. The SMILES string of the molecule is CC(C)(C)c1ccc(N2c3ccc(C(C)(C)C)cc3B3c4cc(C(C)(C)C)ccc4N(c4ccc(N(c5ccc(C(C)(C)C)cc5)c5ccc(C(C)(C)C)cc5)c5c4sc4ccccc45)c4cc(C(C)(C)C)cc2c43)cc1. The molecule has 392 valence electrons. The van der Waals surface area contributed by atoms with Crippen LogP contribution in [0, 0.1) is 0 Å². The predicted molar refractivity (Wildman–Crippen MR) is 340 cm³/mol. The van der Waals surface area contributed by atoms with E-state index in [1.54, 1.807) is 0 Å². The van der Waals surface area contributed by atoms with Crippen LogP contribution < -0.4 is 31.1 Å². The first kappa shape index (κ1) is 52.5. The average Bonchev–Trinajstić information content (AvgIpc) is 3.91. The summed E-state index contributed by atoms with van der Waals surface area (Å²) in [5, 5.41) is 2.53. The third-order valence-corrected chi connectivity index (χ3v) is 17.8. The maximum atomic E-state index is 2.67.